The first kappa shape index (κ1) is 33.7. The van der Waals surface area contributed by atoms with Crippen molar-refractivity contribution in [2.45, 2.75) is 84.8 Å². The number of rotatable bonds is 6. The Balaban J connectivity index is 0.000000673. The molecule has 2 aromatic carbocycles. The Bertz CT molecular complexity index is 1010. The molecule has 0 spiro atoms. The van der Waals surface area contributed by atoms with Gasteiger partial charge in [0.1, 0.15) is 0 Å². The average molecular weight is 626 g/mol. The van der Waals surface area contributed by atoms with E-state index in [1.54, 1.807) is 13.8 Å². The topological polar surface area (TPSA) is 53.4 Å². The Morgan fingerprint density at radius 1 is 0.821 bits per heavy atom. The molecule has 1 fully saturated rings. The third-order valence-corrected chi connectivity index (χ3v) is 7.56. The van der Waals surface area contributed by atoms with Gasteiger partial charge in [0.15, 0.2) is 0 Å². The number of hydrogen-bond acceptors (Lipinski definition) is 6. The van der Waals surface area contributed by atoms with E-state index in [0.29, 0.717) is 6.42 Å². The van der Waals surface area contributed by atoms with Crippen LogP contribution in [0.2, 0.25) is 0 Å². The maximum absolute atomic E-state index is 8.56. The summed E-state index contributed by atoms with van der Waals surface area (Å²) in [5.41, 5.74) is 5.09. The van der Waals surface area contributed by atoms with Crippen molar-refractivity contribution in [3.63, 3.8) is 0 Å². The van der Waals surface area contributed by atoms with Crippen molar-refractivity contribution in [3.05, 3.63) is 59.7 Å². The van der Waals surface area contributed by atoms with Crippen molar-refractivity contribution in [1.29, 1.82) is 0 Å². The van der Waals surface area contributed by atoms with Gasteiger partial charge in [0.05, 0.1) is 12.2 Å². The van der Waals surface area contributed by atoms with E-state index in [1.807, 2.05) is 0 Å². The molecule has 1 heterocycles. The van der Waals surface area contributed by atoms with Crippen LogP contribution >= 0.6 is 0 Å². The fourth-order valence-electron chi connectivity index (χ4n) is 4.74. The zero-order chi connectivity index (χ0) is 29.9. The summed E-state index contributed by atoms with van der Waals surface area (Å²) in [7, 11) is 8.62. The van der Waals surface area contributed by atoms with E-state index in [9.17, 15) is 0 Å². The number of aliphatic hydroxyl groups excluding tert-OH is 2. The van der Waals surface area contributed by atoms with Gasteiger partial charge >= 0.3 is 208 Å². The molecule has 2 N–H and O–H groups in total. The fraction of sp³-hybridized carbons (Fsp3) is 0.567. The van der Waals surface area contributed by atoms with E-state index in [1.165, 1.54) is 16.8 Å². The molecule has 0 amide bonds. The second kappa shape index (κ2) is 13.5. The third-order valence-electron chi connectivity index (χ3n) is 6.81. The Morgan fingerprint density at radius 2 is 1.31 bits per heavy atom. The quantitative estimate of drug-likeness (QED) is 0.368. The van der Waals surface area contributed by atoms with E-state index in [4.69, 9.17) is 10.2 Å². The number of hydrogen-bond donors (Lipinski definition) is 2. The summed E-state index contributed by atoms with van der Waals surface area (Å²) in [6, 6.07) is 19.0. The number of anilines is 2. The Morgan fingerprint density at radius 3 is 1.74 bits per heavy atom. The first-order valence-corrected chi connectivity index (χ1v) is 14.5. The molecule has 39 heavy (non-hydrogen) atoms. The van der Waals surface area contributed by atoms with Gasteiger partial charge in [-0.15, -0.1) is 0 Å². The van der Waals surface area contributed by atoms with Crippen LogP contribution < -0.4 is 9.62 Å². The molecule has 2 unspecified atom stereocenters. The van der Waals surface area contributed by atoms with Gasteiger partial charge < -0.3 is 10.2 Å². The summed E-state index contributed by atoms with van der Waals surface area (Å²) in [5, 5.41) is 17.1. The molecule has 0 aliphatic carbocycles. The van der Waals surface area contributed by atoms with E-state index < -0.39 is 0 Å². The summed E-state index contributed by atoms with van der Waals surface area (Å²) < 4.78 is 1.07. The molecule has 6 nitrogen and oxygen atoms in total. The molecule has 0 radical (unpaired) electrons. The van der Waals surface area contributed by atoms with Gasteiger partial charge in [-0.1, -0.05) is 0 Å². The summed E-state index contributed by atoms with van der Waals surface area (Å²) in [6.07, 6.45) is -0.278. The molecule has 1 saturated heterocycles. The predicted octanol–water partition coefficient (Wildman–Crippen LogP) is 4.36. The third kappa shape index (κ3) is 8.76. The molecule has 1 aliphatic rings. The minimum atomic E-state index is -0.375. The Labute approximate surface area is 249 Å². The van der Waals surface area contributed by atoms with Crippen LogP contribution in [0.4, 0.5) is 11.4 Å². The van der Waals surface area contributed by atoms with Crippen molar-refractivity contribution < 1.29 is 29.0 Å². The summed E-state index contributed by atoms with van der Waals surface area (Å²) >= 11 is 3.65. The molecule has 0 aromatic heterocycles. The van der Waals surface area contributed by atoms with E-state index >= 15 is 0 Å². The molecule has 3 rings (SSSR count). The molecule has 1 aliphatic heterocycles. The molecular weight excluding hydrogens is 576 g/mol. The zero-order valence-corrected chi connectivity index (χ0v) is 27.6. The second-order valence-electron chi connectivity index (χ2n) is 13.2. The van der Waals surface area contributed by atoms with Gasteiger partial charge in [-0.05, 0) is 20.3 Å². The zero-order valence-electron chi connectivity index (χ0n) is 26.1. The van der Waals surface area contributed by atoms with Crippen LogP contribution in [0.3, 0.4) is 0 Å². The van der Waals surface area contributed by atoms with Crippen molar-refractivity contribution in [2.24, 2.45) is 0 Å². The van der Waals surface area contributed by atoms with Crippen LogP contribution in [0.25, 0.3) is 0 Å². The minimum absolute atomic E-state index is 0.0778. The Kier molecular flexibility index (Phi) is 11.7. The maximum atomic E-state index is 8.56. The molecule has 9 heteroatoms. The van der Waals surface area contributed by atoms with Gasteiger partial charge in [0.2, 0.25) is 0 Å². The van der Waals surface area contributed by atoms with Crippen molar-refractivity contribution in [2.75, 3.05) is 37.8 Å². The normalized spacial score (nSPS) is 16.2. The number of benzene rings is 2. The molecule has 2 aromatic rings. The van der Waals surface area contributed by atoms with Crippen LogP contribution in [0, 0.1) is 6.07 Å². The Hall–Kier alpha value is -1.46. The van der Waals surface area contributed by atoms with Crippen LogP contribution in [0.1, 0.15) is 72.9 Å². The monoisotopic (exact) mass is 625 g/mol. The van der Waals surface area contributed by atoms with Crippen molar-refractivity contribution in [3.8, 4) is 0 Å². The summed E-state index contributed by atoms with van der Waals surface area (Å²) in [5.74, 6) is 0. The van der Waals surface area contributed by atoms with E-state index in [-0.39, 0.29) is 36.8 Å². The molecule has 0 bridgehead atoms. The van der Waals surface area contributed by atoms with Gasteiger partial charge in [-0.2, -0.15) is 0 Å². The molecule has 0 saturated carbocycles. The first-order chi connectivity index (χ1) is 17.9. The fourth-order valence-corrected chi connectivity index (χ4v) is 5.54. The van der Waals surface area contributed by atoms with Crippen LogP contribution in [-0.4, -0.2) is 78.2 Å². The van der Waals surface area contributed by atoms with Gasteiger partial charge in [0, 0.05) is 0 Å². The standard InChI is InChI=1S/C25H37B2N4.C5H12O2.Pd/c1-24(2,3)20-13-11-15-22(17-20)30-19-31(27(29(9)10)26(30)28(7)8)23-16-12-14-21(18-23)25(4,5)6;1-4(6)3-5(2)7;/h11-15,17-18H,1-10H3;4-7H,3H2,1-2H3;/q-1;;. The average Bonchev–Trinajstić information content (AvgIpc) is 3.11. The summed E-state index contributed by atoms with van der Waals surface area (Å²) in [4.78, 5) is 9.39. The van der Waals surface area contributed by atoms with Gasteiger partial charge in [0.25, 0.3) is 0 Å². The van der Waals surface area contributed by atoms with Gasteiger partial charge in [-0.25, -0.2) is 0 Å². The van der Waals surface area contributed by atoms with Crippen LogP contribution in [-0.2, 0) is 29.6 Å². The number of nitrogens with zero attached hydrogens (tertiary/aromatic N) is 4. The number of aliphatic hydroxyl groups is 2. The van der Waals surface area contributed by atoms with Gasteiger partial charge in [-0.3, -0.25) is 0 Å². The predicted molar refractivity (Wildman–Crippen MR) is 166 cm³/mol. The summed E-state index contributed by atoms with van der Waals surface area (Å²) in [6.45, 7) is 17.1. The van der Waals surface area contributed by atoms with Crippen LogP contribution in [0.15, 0.2) is 42.5 Å². The first-order valence-electron chi connectivity index (χ1n) is 13.8. The molecule has 218 valence electrons. The SMILES string of the molecule is CC(O)CC(C)O.CN(C)B1B(N(C)C)N(c2cccc(C(C)(C)C)c2)[C](=[Pd])N1c1[c-]ccc(C(C)(C)C)c1. The van der Waals surface area contributed by atoms with E-state index in [2.05, 4.69) is 156 Å². The molecular formula is C30H49B2N4O2Pd-. The van der Waals surface area contributed by atoms with Crippen molar-refractivity contribution >= 4 is 29.4 Å². The van der Waals surface area contributed by atoms with Crippen LogP contribution in [0.5, 0.6) is 0 Å². The molecule has 2 atom stereocenters. The van der Waals surface area contributed by atoms with E-state index in [0.717, 1.165) is 9.92 Å². The van der Waals surface area contributed by atoms with Crippen molar-refractivity contribution in [1.82, 2.24) is 9.62 Å². The second-order valence-corrected chi connectivity index (χ2v) is 13.9.